The summed E-state index contributed by atoms with van der Waals surface area (Å²) in [6.07, 6.45) is 0. The van der Waals surface area contributed by atoms with Crippen molar-refractivity contribution >= 4 is 49.9 Å². The highest BCUT2D eigenvalue weighted by Gasteiger charge is 2.22. The van der Waals surface area contributed by atoms with Crippen molar-refractivity contribution in [2.75, 3.05) is 12.4 Å². The zero-order valence-corrected chi connectivity index (χ0v) is 17.7. The van der Waals surface area contributed by atoms with E-state index in [2.05, 4.69) is 20.5 Å². The van der Waals surface area contributed by atoms with Crippen molar-refractivity contribution in [1.82, 2.24) is 19.7 Å². The second kappa shape index (κ2) is 8.71. The highest BCUT2D eigenvalue weighted by Crippen LogP contribution is 2.25. The minimum absolute atomic E-state index is 0.0247. The molecule has 4 aromatic rings. The van der Waals surface area contributed by atoms with Crippen molar-refractivity contribution in [1.29, 1.82) is 0 Å². The second-order valence-electron chi connectivity index (χ2n) is 6.31. The van der Waals surface area contributed by atoms with Crippen LogP contribution in [0.1, 0.15) is 15.4 Å². The predicted octanol–water partition coefficient (Wildman–Crippen LogP) is 2.46. The lowest BCUT2D eigenvalue weighted by Gasteiger charge is -2.12. The number of hydrogen-bond donors (Lipinski definition) is 2. The number of carboxylic acids is 1. The maximum Gasteiger partial charge on any atom is 0.337 e. The summed E-state index contributed by atoms with van der Waals surface area (Å²) in [4.78, 5) is 42.2. The van der Waals surface area contributed by atoms with Gasteiger partial charge in [-0.1, -0.05) is 41.7 Å². The third kappa shape index (κ3) is 4.21. The number of benzene rings is 1. The van der Waals surface area contributed by atoms with Gasteiger partial charge in [0, 0.05) is 18.1 Å². The first-order chi connectivity index (χ1) is 15.0. The number of aromatic nitrogens is 4. The van der Waals surface area contributed by atoms with Crippen molar-refractivity contribution < 1.29 is 19.4 Å². The van der Waals surface area contributed by atoms with Crippen molar-refractivity contribution in [3.8, 4) is 11.4 Å². The summed E-state index contributed by atoms with van der Waals surface area (Å²) in [5.74, 6) is -1.48. The molecule has 12 heteroatoms. The van der Waals surface area contributed by atoms with Gasteiger partial charge in [0.15, 0.2) is 0 Å². The van der Waals surface area contributed by atoms with Crippen LogP contribution >= 0.6 is 22.7 Å². The molecule has 1 aromatic carbocycles. The maximum atomic E-state index is 13.2. The van der Waals surface area contributed by atoms with Crippen molar-refractivity contribution in [2.24, 2.45) is 0 Å². The molecule has 0 unspecified atom stereocenters. The molecule has 0 aliphatic rings. The Labute approximate surface area is 182 Å². The molecule has 158 valence electrons. The molecular weight excluding hydrogens is 442 g/mol. The number of amides is 1. The molecule has 10 nitrogen and oxygen atoms in total. The summed E-state index contributed by atoms with van der Waals surface area (Å²) in [5.41, 5.74) is -0.118. The number of carbonyl (C=O) groups excluding carboxylic acids is 1. The van der Waals surface area contributed by atoms with Crippen LogP contribution in [0.15, 0.2) is 40.5 Å². The number of thiophene rings is 1. The normalized spacial score (nSPS) is 11.0. The molecule has 0 fully saturated rings. The monoisotopic (exact) mass is 457 g/mol. The molecule has 4 rings (SSSR count). The molecular formula is C19H15N5O5S2. The van der Waals surface area contributed by atoms with Gasteiger partial charge in [-0.05, 0) is 0 Å². The maximum absolute atomic E-state index is 13.2. The van der Waals surface area contributed by atoms with Crippen molar-refractivity contribution in [3.05, 3.63) is 56.6 Å². The summed E-state index contributed by atoms with van der Waals surface area (Å²) < 4.78 is 6.15. The number of carbonyl (C=O) groups is 2. The third-order valence-electron chi connectivity index (χ3n) is 4.24. The number of nitrogens with one attached hydrogen (secondary N) is 1. The second-order valence-corrected chi connectivity index (χ2v) is 8.23. The predicted molar refractivity (Wildman–Crippen MR) is 116 cm³/mol. The Hall–Kier alpha value is -3.48. The van der Waals surface area contributed by atoms with E-state index in [1.807, 2.05) is 6.07 Å². The van der Waals surface area contributed by atoms with Crippen molar-refractivity contribution in [2.45, 2.75) is 13.2 Å². The molecule has 0 aliphatic carbocycles. The van der Waals surface area contributed by atoms with E-state index in [-0.39, 0.29) is 35.1 Å². The number of anilines is 1. The van der Waals surface area contributed by atoms with E-state index in [4.69, 9.17) is 4.74 Å². The summed E-state index contributed by atoms with van der Waals surface area (Å²) >= 11 is 2.22. The van der Waals surface area contributed by atoms with Gasteiger partial charge < -0.3 is 9.84 Å². The molecule has 0 saturated carbocycles. The molecule has 0 spiro atoms. The van der Waals surface area contributed by atoms with E-state index in [0.717, 1.165) is 22.7 Å². The van der Waals surface area contributed by atoms with E-state index >= 15 is 0 Å². The number of aromatic carboxylic acids is 1. The molecule has 0 radical (unpaired) electrons. The Morgan fingerprint density at radius 2 is 2.00 bits per heavy atom. The fraction of sp³-hybridized carbons (Fsp3) is 0.158. The van der Waals surface area contributed by atoms with Gasteiger partial charge in [-0.2, -0.15) is 0 Å². The number of rotatable bonds is 7. The van der Waals surface area contributed by atoms with Crippen LogP contribution in [0.2, 0.25) is 0 Å². The first-order valence-electron chi connectivity index (χ1n) is 8.90. The SMILES string of the molecule is COCc1nnc(NC(=O)Cn2c(-c3ccccc3)nc3scc(C(=O)O)c3c2=O)s1. The van der Waals surface area contributed by atoms with Gasteiger partial charge in [0.25, 0.3) is 5.56 Å². The summed E-state index contributed by atoms with van der Waals surface area (Å²) in [6.45, 7) is -0.109. The minimum Gasteiger partial charge on any atom is -0.478 e. The van der Waals surface area contributed by atoms with Crippen LogP contribution in [0.4, 0.5) is 5.13 Å². The number of fused-ring (bicyclic) bond motifs is 1. The Bertz CT molecular complexity index is 1330. The molecule has 0 atom stereocenters. The van der Waals surface area contributed by atoms with Gasteiger partial charge in [-0.25, -0.2) is 9.78 Å². The standard InChI is InChI=1S/C19H15N5O5S2/c1-29-8-13-22-23-19(31-13)20-12(25)7-24-15(10-5-3-2-4-6-10)21-16-14(17(24)26)11(9-30-16)18(27)28/h2-6,9H,7-8H2,1H3,(H,27,28)(H,20,23,25). The average Bonchev–Trinajstić information content (AvgIpc) is 3.38. The largest absolute Gasteiger partial charge is 0.478 e. The van der Waals surface area contributed by atoms with Gasteiger partial charge in [0.05, 0.1) is 10.9 Å². The number of hydrogen-bond acceptors (Lipinski definition) is 9. The summed E-state index contributed by atoms with van der Waals surface area (Å²) in [6, 6.07) is 8.90. The van der Waals surface area contributed by atoms with Crippen LogP contribution in [-0.2, 0) is 22.7 Å². The Morgan fingerprint density at radius 3 is 2.71 bits per heavy atom. The fourth-order valence-electron chi connectivity index (χ4n) is 2.92. The smallest absolute Gasteiger partial charge is 0.337 e. The molecule has 31 heavy (non-hydrogen) atoms. The quantitative estimate of drug-likeness (QED) is 0.432. The van der Waals surface area contributed by atoms with Gasteiger partial charge in [0.2, 0.25) is 11.0 Å². The number of methoxy groups -OCH3 is 1. The van der Waals surface area contributed by atoms with E-state index in [1.54, 1.807) is 24.3 Å². The highest BCUT2D eigenvalue weighted by molar-refractivity contribution is 7.17. The van der Waals surface area contributed by atoms with Crippen LogP contribution in [0.25, 0.3) is 21.6 Å². The molecule has 1 amide bonds. The lowest BCUT2D eigenvalue weighted by molar-refractivity contribution is -0.116. The van der Waals surface area contributed by atoms with Gasteiger partial charge in [-0.3, -0.25) is 19.5 Å². The molecule has 0 aliphatic heterocycles. The van der Waals surface area contributed by atoms with Crippen LogP contribution in [0.5, 0.6) is 0 Å². The number of nitrogens with zero attached hydrogens (tertiary/aromatic N) is 4. The molecule has 3 aromatic heterocycles. The third-order valence-corrected chi connectivity index (χ3v) is 5.92. The molecule has 3 heterocycles. The number of ether oxygens (including phenoxy) is 1. The van der Waals surface area contributed by atoms with E-state index < -0.39 is 17.4 Å². The summed E-state index contributed by atoms with van der Waals surface area (Å²) in [7, 11) is 1.52. The zero-order chi connectivity index (χ0) is 22.0. The lowest BCUT2D eigenvalue weighted by Crippen LogP contribution is -2.30. The van der Waals surface area contributed by atoms with Crippen LogP contribution in [0, 0.1) is 0 Å². The lowest BCUT2D eigenvalue weighted by atomic mass is 10.2. The van der Waals surface area contributed by atoms with Gasteiger partial charge in [0.1, 0.15) is 28.8 Å². The van der Waals surface area contributed by atoms with Crippen LogP contribution in [-0.4, -0.2) is 43.8 Å². The van der Waals surface area contributed by atoms with E-state index in [0.29, 0.717) is 15.4 Å². The molecule has 0 bridgehead atoms. The minimum atomic E-state index is -1.23. The topological polar surface area (TPSA) is 136 Å². The van der Waals surface area contributed by atoms with E-state index in [9.17, 15) is 19.5 Å². The first-order valence-corrected chi connectivity index (χ1v) is 10.6. The Balaban J connectivity index is 1.76. The average molecular weight is 457 g/mol. The van der Waals surface area contributed by atoms with E-state index in [1.165, 1.54) is 17.1 Å². The first kappa shape index (κ1) is 20.8. The molecule has 0 saturated heterocycles. The zero-order valence-electron chi connectivity index (χ0n) is 16.1. The Morgan fingerprint density at radius 1 is 1.23 bits per heavy atom. The highest BCUT2D eigenvalue weighted by atomic mass is 32.1. The fourth-order valence-corrected chi connectivity index (χ4v) is 4.55. The van der Waals surface area contributed by atoms with Gasteiger partial charge >= 0.3 is 5.97 Å². The Kier molecular flexibility index (Phi) is 5.84. The van der Waals surface area contributed by atoms with Crippen LogP contribution in [0.3, 0.4) is 0 Å². The van der Waals surface area contributed by atoms with Crippen molar-refractivity contribution in [3.63, 3.8) is 0 Å². The summed E-state index contributed by atoms with van der Waals surface area (Å²) in [5, 5.41) is 22.0. The van der Waals surface area contributed by atoms with Gasteiger partial charge in [-0.15, -0.1) is 21.5 Å². The number of carboxylic acid groups (broad SMARTS) is 1. The van der Waals surface area contributed by atoms with Crippen LogP contribution < -0.4 is 10.9 Å². The molecule has 2 N–H and O–H groups in total.